The third-order valence-electron chi connectivity index (χ3n) is 6.03. The fourth-order valence-electron chi connectivity index (χ4n) is 4.27. The van der Waals surface area contributed by atoms with Gasteiger partial charge in [-0.2, -0.15) is 0 Å². The molecule has 2 aliphatic rings. The molecule has 0 aromatic heterocycles. The standard InChI is InChI=1S/C26H26FNO4S/c27-19-11-12-28(16-19)13-14-31-22-8-3-17(4-9-22)25-26(18-1-5-20(29)6-2-18)33-24-15-21(30)7-10-23(24)32-25/h1-10,15,19,25-26,29-30H,11-14,16H2/t19-,25+,26-/m1/s1. The van der Waals surface area contributed by atoms with Gasteiger partial charge in [0, 0.05) is 19.6 Å². The van der Waals surface area contributed by atoms with Gasteiger partial charge in [-0.15, -0.1) is 11.8 Å². The van der Waals surface area contributed by atoms with E-state index in [4.69, 9.17) is 9.47 Å². The van der Waals surface area contributed by atoms with Crippen molar-refractivity contribution in [1.29, 1.82) is 0 Å². The van der Waals surface area contributed by atoms with Gasteiger partial charge in [-0.1, -0.05) is 24.3 Å². The molecular formula is C26H26FNO4S. The van der Waals surface area contributed by atoms with Gasteiger partial charge in [-0.25, -0.2) is 4.39 Å². The minimum absolute atomic E-state index is 0.0597. The van der Waals surface area contributed by atoms with Crippen LogP contribution >= 0.6 is 11.8 Å². The third-order valence-corrected chi connectivity index (χ3v) is 7.38. The third kappa shape index (κ3) is 5.04. The summed E-state index contributed by atoms with van der Waals surface area (Å²) in [6.07, 6.45) is -0.357. The lowest BCUT2D eigenvalue weighted by molar-refractivity contribution is 0.190. The Labute approximate surface area is 196 Å². The molecule has 5 nitrogen and oxygen atoms in total. The largest absolute Gasteiger partial charge is 0.508 e. The van der Waals surface area contributed by atoms with Gasteiger partial charge in [0.15, 0.2) is 0 Å². The minimum Gasteiger partial charge on any atom is -0.508 e. The second kappa shape index (κ2) is 9.53. The van der Waals surface area contributed by atoms with Crippen molar-refractivity contribution >= 4 is 11.8 Å². The fourth-order valence-corrected chi connectivity index (χ4v) is 5.59. The molecule has 33 heavy (non-hydrogen) atoms. The molecule has 3 aromatic rings. The number of hydrogen-bond donors (Lipinski definition) is 2. The van der Waals surface area contributed by atoms with Crippen LogP contribution in [0.2, 0.25) is 0 Å². The van der Waals surface area contributed by atoms with Gasteiger partial charge in [-0.05, 0) is 60.0 Å². The first-order valence-corrected chi connectivity index (χ1v) is 12.0. The number of hydrogen-bond acceptors (Lipinski definition) is 6. The van der Waals surface area contributed by atoms with E-state index in [-0.39, 0.29) is 22.9 Å². The molecule has 0 aliphatic carbocycles. The van der Waals surface area contributed by atoms with Crippen LogP contribution in [0.1, 0.15) is 28.9 Å². The molecule has 5 rings (SSSR count). The summed E-state index contributed by atoms with van der Waals surface area (Å²) in [5, 5.41) is 19.6. The van der Waals surface area contributed by atoms with Crippen LogP contribution in [0.15, 0.2) is 71.6 Å². The highest BCUT2D eigenvalue weighted by Gasteiger charge is 2.33. The van der Waals surface area contributed by atoms with Gasteiger partial charge in [0.05, 0.1) is 10.1 Å². The van der Waals surface area contributed by atoms with E-state index in [1.54, 1.807) is 42.1 Å². The van der Waals surface area contributed by atoms with E-state index in [2.05, 4.69) is 4.90 Å². The van der Waals surface area contributed by atoms with E-state index in [9.17, 15) is 14.6 Å². The number of phenols is 2. The smallest absolute Gasteiger partial charge is 0.140 e. The van der Waals surface area contributed by atoms with Gasteiger partial charge >= 0.3 is 0 Å². The van der Waals surface area contributed by atoms with Crippen molar-refractivity contribution in [1.82, 2.24) is 4.90 Å². The van der Waals surface area contributed by atoms with Crippen LogP contribution in [0.5, 0.6) is 23.0 Å². The SMILES string of the molecule is Oc1ccc([C@H]2Sc3cc(O)ccc3O[C@H]2c2ccc(OCCN3CC[C@@H](F)C3)cc2)cc1. The summed E-state index contributed by atoms with van der Waals surface area (Å²) >= 11 is 1.63. The number of ether oxygens (including phenoxy) is 2. The lowest BCUT2D eigenvalue weighted by Crippen LogP contribution is -2.26. The number of aromatic hydroxyl groups is 2. The minimum atomic E-state index is -0.715. The monoisotopic (exact) mass is 467 g/mol. The number of rotatable bonds is 6. The van der Waals surface area contributed by atoms with Crippen LogP contribution < -0.4 is 9.47 Å². The van der Waals surface area contributed by atoms with Crippen LogP contribution in [-0.4, -0.2) is 47.5 Å². The Bertz CT molecular complexity index is 1090. The molecule has 0 amide bonds. The summed E-state index contributed by atoms with van der Waals surface area (Å²) in [4.78, 5) is 2.96. The summed E-state index contributed by atoms with van der Waals surface area (Å²) in [6.45, 7) is 2.53. The molecule has 172 valence electrons. The molecule has 1 saturated heterocycles. The normalized spacial score (nSPS) is 22.5. The Hall–Kier alpha value is -2.90. The number of benzene rings is 3. The Morgan fingerprint density at radius 2 is 1.70 bits per heavy atom. The van der Waals surface area contributed by atoms with Crippen molar-refractivity contribution < 1.29 is 24.1 Å². The second-order valence-electron chi connectivity index (χ2n) is 8.40. The average Bonchev–Trinajstić information content (AvgIpc) is 3.24. The molecular weight excluding hydrogens is 441 g/mol. The van der Waals surface area contributed by atoms with Crippen molar-refractivity contribution in [3.05, 3.63) is 77.9 Å². The maximum Gasteiger partial charge on any atom is 0.140 e. The first-order chi connectivity index (χ1) is 16.0. The summed E-state index contributed by atoms with van der Waals surface area (Å²) in [5.41, 5.74) is 2.03. The van der Waals surface area contributed by atoms with Crippen LogP contribution in [0, 0.1) is 0 Å². The zero-order valence-electron chi connectivity index (χ0n) is 18.1. The van der Waals surface area contributed by atoms with Crippen molar-refractivity contribution in [2.75, 3.05) is 26.2 Å². The number of nitrogens with zero attached hydrogens (tertiary/aromatic N) is 1. The van der Waals surface area contributed by atoms with Gasteiger partial charge in [0.1, 0.15) is 41.9 Å². The molecule has 7 heteroatoms. The number of likely N-dealkylation sites (tertiary alicyclic amines) is 1. The summed E-state index contributed by atoms with van der Waals surface area (Å²) in [5.74, 6) is 1.91. The molecule has 0 radical (unpaired) electrons. The Morgan fingerprint density at radius 3 is 2.42 bits per heavy atom. The van der Waals surface area contributed by atoms with Gasteiger partial charge in [-0.3, -0.25) is 4.90 Å². The lowest BCUT2D eigenvalue weighted by atomic mass is 10.00. The molecule has 0 spiro atoms. The van der Waals surface area contributed by atoms with Crippen molar-refractivity contribution in [2.45, 2.75) is 28.8 Å². The molecule has 0 saturated carbocycles. The molecule has 0 unspecified atom stereocenters. The molecule has 2 heterocycles. The predicted molar refractivity (Wildman–Crippen MR) is 126 cm³/mol. The highest BCUT2D eigenvalue weighted by Crippen LogP contribution is 2.54. The number of phenolic OH excluding ortho intramolecular Hbond substituents is 2. The molecule has 2 N–H and O–H groups in total. The number of thioether (sulfide) groups is 1. The number of alkyl halides is 1. The Balaban J connectivity index is 1.32. The maximum atomic E-state index is 13.3. The molecule has 3 aromatic carbocycles. The first-order valence-electron chi connectivity index (χ1n) is 11.1. The van der Waals surface area contributed by atoms with E-state index < -0.39 is 6.17 Å². The molecule has 3 atom stereocenters. The second-order valence-corrected chi connectivity index (χ2v) is 9.59. The van der Waals surface area contributed by atoms with Crippen LogP contribution in [0.4, 0.5) is 4.39 Å². The van der Waals surface area contributed by atoms with E-state index in [1.807, 2.05) is 36.4 Å². The number of halogens is 1. The fraction of sp³-hybridized carbons (Fsp3) is 0.308. The highest BCUT2D eigenvalue weighted by molar-refractivity contribution is 7.99. The van der Waals surface area contributed by atoms with Crippen LogP contribution in [-0.2, 0) is 0 Å². The van der Waals surface area contributed by atoms with E-state index in [1.165, 1.54) is 0 Å². The van der Waals surface area contributed by atoms with Crippen molar-refractivity contribution in [3.63, 3.8) is 0 Å². The Morgan fingerprint density at radius 1 is 0.970 bits per heavy atom. The zero-order chi connectivity index (χ0) is 22.8. The van der Waals surface area contributed by atoms with Crippen molar-refractivity contribution in [3.8, 4) is 23.0 Å². The predicted octanol–water partition coefficient (Wildman–Crippen LogP) is 5.49. The van der Waals surface area contributed by atoms with Crippen molar-refractivity contribution in [2.24, 2.45) is 0 Å². The quantitative estimate of drug-likeness (QED) is 0.500. The van der Waals surface area contributed by atoms with Crippen LogP contribution in [0.3, 0.4) is 0 Å². The van der Waals surface area contributed by atoms with Gasteiger partial charge in [0.25, 0.3) is 0 Å². The van der Waals surface area contributed by atoms with Gasteiger partial charge in [0.2, 0.25) is 0 Å². The van der Waals surface area contributed by atoms with E-state index in [0.717, 1.165) is 40.6 Å². The molecule has 2 aliphatic heterocycles. The summed E-state index contributed by atoms with van der Waals surface area (Å²) in [7, 11) is 0. The average molecular weight is 468 g/mol. The topological polar surface area (TPSA) is 62.2 Å². The summed E-state index contributed by atoms with van der Waals surface area (Å²) < 4.78 is 25.6. The highest BCUT2D eigenvalue weighted by atomic mass is 32.2. The van der Waals surface area contributed by atoms with E-state index in [0.29, 0.717) is 19.6 Å². The Kier molecular flexibility index (Phi) is 6.33. The molecule has 1 fully saturated rings. The van der Waals surface area contributed by atoms with E-state index >= 15 is 0 Å². The summed E-state index contributed by atoms with van der Waals surface area (Å²) in [6, 6.07) is 20.2. The maximum absolute atomic E-state index is 13.3. The zero-order valence-corrected chi connectivity index (χ0v) is 18.9. The first kappa shape index (κ1) is 21.9. The van der Waals surface area contributed by atoms with Gasteiger partial charge < -0.3 is 19.7 Å². The number of fused-ring (bicyclic) bond motifs is 1. The molecule has 0 bridgehead atoms. The van der Waals surface area contributed by atoms with Crippen LogP contribution in [0.25, 0.3) is 0 Å². The lowest BCUT2D eigenvalue weighted by Gasteiger charge is -2.34.